The summed E-state index contributed by atoms with van der Waals surface area (Å²) in [5, 5.41) is 8.00. The number of para-hydroxylation sites is 1. The molecular weight excluding hydrogens is 620 g/mol. The number of ketones is 1. The SMILES string of the molecule is CC1=CC(Oc2c(F)cccc2F)NC=C1n1ncc(C(=O)c2cc3cc(N4CCOCC4)c(N4CCCS4(=O)=O)cc3[nH]2)c1N. The molecule has 4 aromatic rings. The van der Waals surface area contributed by atoms with Crippen LogP contribution in [0.5, 0.6) is 5.75 Å². The number of hydrogen-bond donors (Lipinski definition) is 3. The fourth-order valence-electron chi connectivity index (χ4n) is 5.97. The Kier molecular flexibility index (Phi) is 7.44. The van der Waals surface area contributed by atoms with Gasteiger partial charge in [-0.15, -0.1) is 0 Å². The summed E-state index contributed by atoms with van der Waals surface area (Å²) in [5.41, 5.74) is 9.95. The maximum atomic E-state index is 14.1. The number of carbonyl (C=O) groups excluding carboxylic acids is 1. The van der Waals surface area contributed by atoms with E-state index < -0.39 is 39.4 Å². The summed E-state index contributed by atoms with van der Waals surface area (Å²) >= 11 is 0. The Hall–Kier alpha value is -4.89. The molecule has 3 aliphatic rings. The Morgan fingerprint density at radius 3 is 2.57 bits per heavy atom. The largest absolute Gasteiger partial charge is 0.461 e. The topological polar surface area (TPSA) is 148 Å². The number of morpholine rings is 1. The van der Waals surface area contributed by atoms with Crippen LogP contribution in [0.3, 0.4) is 0 Å². The molecule has 0 spiro atoms. The van der Waals surface area contributed by atoms with Crippen LogP contribution >= 0.6 is 0 Å². The van der Waals surface area contributed by atoms with E-state index >= 15 is 0 Å². The third-order valence-corrected chi connectivity index (χ3v) is 10.2. The highest BCUT2D eigenvalue weighted by Gasteiger charge is 2.32. The number of sulfonamides is 1. The van der Waals surface area contributed by atoms with Crippen LogP contribution in [0.15, 0.2) is 60.4 Å². The molecule has 0 bridgehead atoms. The summed E-state index contributed by atoms with van der Waals surface area (Å²) in [6.45, 7) is 4.43. The number of ether oxygens (including phenoxy) is 2. The van der Waals surface area contributed by atoms with Crippen LogP contribution < -0.4 is 25.0 Å². The van der Waals surface area contributed by atoms with E-state index in [1.165, 1.54) is 21.3 Å². The van der Waals surface area contributed by atoms with Crippen molar-refractivity contribution in [2.75, 3.05) is 53.5 Å². The zero-order valence-corrected chi connectivity index (χ0v) is 25.6. The molecule has 1 unspecified atom stereocenters. The van der Waals surface area contributed by atoms with Crippen LogP contribution in [0.2, 0.25) is 0 Å². The molecule has 240 valence electrons. The molecule has 2 aromatic carbocycles. The quantitative estimate of drug-likeness (QED) is 0.255. The number of carbonyl (C=O) groups is 1. The van der Waals surface area contributed by atoms with Crippen LogP contribution in [0.4, 0.5) is 26.0 Å². The lowest BCUT2D eigenvalue weighted by Gasteiger charge is -2.32. The smallest absolute Gasteiger partial charge is 0.235 e. The van der Waals surface area contributed by atoms with Crippen molar-refractivity contribution >= 4 is 49.6 Å². The number of aromatic amines is 1. The normalized spacial score (nSPS) is 19.6. The summed E-state index contributed by atoms with van der Waals surface area (Å²) in [4.78, 5) is 19.0. The fraction of sp³-hybridized carbons (Fsp3) is 0.290. The van der Waals surface area contributed by atoms with Crippen molar-refractivity contribution in [3.05, 3.63) is 83.3 Å². The van der Waals surface area contributed by atoms with Crippen molar-refractivity contribution in [2.24, 2.45) is 0 Å². The summed E-state index contributed by atoms with van der Waals surface area (Å²) in [5.74, 6) is -2.38. The minimum Gasteiger partial charge on any atom is -0.461 e. The first-order valence-electron chi connectivity index (χ1n) is 14.7. The van der Waals surface area contributed by atoms with Gasteiger partial charge in [0.2, 0.25) is 15.8 Å². The standard InChI is InChI=1S/C31H31F2N7O5S/c1-18-12-28(45-30-21(32)4-2-5-22(30)33)35-17-27(18)40-31(34)20(16-36-40)29(41)24-13-19-14-25(38-7-9-44-10-8-38)26(15-23(19)37-24)39-6-3-11-46(39,42)43/h2,4-5,12-17,28,35,37H,3,6-11,34H2,1H3. The number of fused-ring (bicyclic) bond motifs is 1. The maximum absolute atomic E-state index is 14.1. The van der Waals surface area contributed by atoms with Crippen LogP contribution in [0.1, 0.15) is 29.4 Å². The lowest BCUT2D eigenvalue weighted by atomic mass is 10.1. The molecule has 4 N–H and O–H groups in total. The van der Waals surface area contributed by atoms with E-state index in [0.717, 1.165) is 23.2 Å². The minimum atomic E-state index is -3.45. The monoisotopic (exact) mass is 651 g/mol. The van der Waals surface area contributed by atoms with Gasteiger partial charge in [0.15, 0.2) is 23.6 Å². The van der Waals surface area contributed by atoms with E-state index in [9.17, 15) is 22.0 Å². The average molecular weight is 652 g/mol. The first kappa shape index (κ1) is 29.8. The molecule has 12 nitrogen and oxygen atoms in total. The van der Waals surface area contributed by atoms with Gasteiger partial charge in [0, 0.05) is 36.7 Å². The molecule has 2 saturated heterocycles. The van der Waals surface area contributed by atoms with Gasteiger partial charge in [-0.1, -0.05) is 6.07 Å². The molecule has 0 amide bonds. The molecule has 15 heteroatoms. The number of halogens is 2. The Morgan fingerprint density at radius 2 is 1.87 bits per heavy atom. The van der Waals surface area contributed by atoms with Crippen molar-refractivity contribution in [1.82, 2.24) is 20.1 Å². The van der Waals surface area contributed by atoms with Gasteiger partial charge in [0.1, 0.15) is 5.82 Å². The number of nitrogens with two attached hydrogens (primary N) is 1. The highest BCUT2D eigenvalue weighted by Crippen LogP contribution is 2.38. The van der Waals surface area contributed by atoms with Crippen LogP contribution in [0, 0.1) is 11.6 Å². The molecule has 7 rings (SSSR count). The number of nitrogens with zero attached hydrogens (tertiary/aromatic N) is 4. The lowest BCUT2D eigenvalue weighted by Crippen LogP contribution is -2.37. The third kappa shape index (κ3) is 5.24. The molecule has 0 radical (unpaired) electrons. The Labute approximate surface area is 263 Å². The number of allylic oxidation sites excluding steroid dienone is 2. The number of nitrogens with one attached hydrogen (secondary N) is 2. The molecule has 2 fully saturated rings. The third-order valence-electron chi connectivity index (χ3n) is 8.31. The summed E-state index contributed by atoms with van der Waals surface area (Å²) in [6.07, 6.45) is 4.21. The molecule has 0 aliphatic carbocycles. The second kappa shape index (κ2) is 11.5. The van der Waals surface area contributed by atoms with Gasteiger partial charge in [-0.2, -0.15) is 5.10 Å². The number of aromatic nitrogens is 3. The van der Waals surface area contributed by atoms with E-state index in [4.69, 9.17) is 15.2 Å². The number of rotatable bonds is 7. The second-order valence-corrected chi connectivity index (χ2v) is 13.3. The Morgan fingerprint density at radius 1 is 1.11 bits per heavy atom. The van der Waals surface area contributed by atoms with Gasteiger partial charge in [-0.05, 0) is 55.3 Å². The van der Waals surface area contributed by atoms with E-state index in [1.54, 1.807) is 31.3 Å². The Bertz CT molecular complexity index is 2010. The van der Waals surface area contributed by atoms with Crippen molar-refractivity contribution in [2.45, 2.75) is 19.6 Å². The fourth-order valence-corrected chi connectivity index (χ4v) is 7.54. The average Bonchev–Trinajstić information content (AvgIpc) is 3.74. The molecular formula is C31H31F2N7O5S. The maximum Gasteiger partial charge on any atom is 0.235 e. The second-order valence-electron chi connectivity index (χ2n) is 11.3. The van der Waals surface area contributed by atoms with Gasteiger partial charge in [-0.25, -0.2) is 21.9 Å². The van der Waals surface area contributed by atoms with Gasteiger partial charge >= 0.3 is 0 Å². The van der Waals surface area contributed by atoms with E-state index in [0.29, 0.717) is 61.7 Å². The molecule has 46 heavy (non-hydrogen) atoms. The predicted molar refractivity (Wildman–Crippen MR) is 169 cm³/mol. The number of H-pyrrole nitrogens is 1. The van der Waals surface area contributed by atoms with Gasteiger partial charge in [-0.3, -0.25) is 9.10 Å². The van der Waals surface area contributed by atoms with Crippen molar-refractivity contribution in [3.8, 4) is 5.75 Å². The Balaban J connectivity index is 1.17. The van der Waals surface area contributed by atoms with Crippen LogP contribution in [-0.4, -0.2) is 73.8 Å². The van der Waals surface area contributed by atoms with Crippen molar-refractivity contribution < 1.29 is 31.5 Å². The molecule has 2 aromatic heterocycles. The van der Waals surface area contributed by atoms with Gasteiger partial charge in [0.25, 0.3) is 0 Å². The predicted octanol–water partition coefficient (Wildman–Crippen LogP) is 3.59. The zero-order valence-electron chi connectivity index (χ0n) is 24.8. The number of hydrogen-bond acceptors (Lipinski definition) is 9. The van der Waals surface area contributed by atoms with Gasteiger partial charge in [0.05, 0.1) is 53.5 Å². The summed E-state index contributed by atoms with van der Waals surface area (Å²) in [6, 6.07) is 8.87. The summed E-state index contributed by atoms with van der Waals surface area (Å²) < 4.78 is 67.8. The number of nitrogen functional groups attached to an aromatic ring is 1. The zero-order chi connectivity index (χ0) is 32.2. The van der Waals surface area contributed by atoms with E-state index in [1.807, 2.05) is 6.07 Å². The van der Waals surface area contributed by atoms with Crippen molar-refractivity contribution in [1.29, 1.82) is 0 Å². The molecule has 5 heterocycles. The van der Waals surface area contributed by atoms with Crippen LogP contribution in [-0.2, 0) is 14.8 Å². The first-order chi connectivity index (χ1) is 22.1. The number of benzene rings is 2. The number of dihydropyridines is 1. The van der Waals surface area contributed by atoms with E-state index in [2.05, 4.69) is 20.3 Å². The van der Waals surface area contributed by atoms with E-state index in [-0.39, 0.29) is 22.8 Å². The highest BCUT2D eigenvalue weighted by atomic mass is 32.2. The highest BCUT2D eigenvalue weighted by molar-refractivity contribution is 7.93. The summed E-state index contributed by atoms with van der Waals surface area (Å²) in [7, 11) is -3.45. The van der Waals surface area contributed by atoms with Crippen LogP contribution in [0.25, 0.3) is 16.6 Å². The number of anilines is 3. The molecule has 1 atom stereocenters. The minimum absolute atomic E-state index is 0.0850. The van der Waals surface area contributed by atoms with Gasteiger partial charge < -0.3 is 30.4 Å². The molecule has 3 aliphatic heterocycles. The lowest BCUT2D eigenvalue weighted by molar-refractivity contribution is 0.103. The molecule has 0 saturated carbocycles. The first-order valence-corrected chi connectivity index (χ1v) is 16.4. The van der Waals surface area contributed by atoms with Crippen molar-refractivity contribution in [3.63, 3.8) is 0 Å².